The highest BCUT2D eigenvalue weighted by atomic mass is 17.0. The van der Waals surface area contributed by atoms with Crippen molar-refractivity contribution in [1.29, 1.82) is 0 Å². The van der Waals surface area contributed by atoms with E-state index in [1.165, 1.54) is 41.5 Å². The van der Waals surface area contributed by atoms with E-state index >= 15 is 0 Å². The van der Waals surface area contributed by atoms with Crippen molar-refractivity contribution in [3.63, 3.8) is 0 Å². The van der Waals surface area contributed by atoms with Crippen molar-refractivity contribution >= 4 is 35.8 Å². The van der Waals surface area contributed by atoms with Crippen LogP contribution in [0.2, 0.25) is 0 Å². The fourth-order valence-corrected chi connectivity index (χ4v) is 8.77. The van der Waals surface area contributed by atoms with E-state index < -0.39 is 134 Å². The second-order valence-electron chi connectivity index (χ2n) is 17.5. The molecule has 2 aromatic carbocycles. The predicted octanol–water partition coefficient (Wildman–Crippen LogP) is 2.44. The van der Waals surface area contributed by atoms with Gasteiger partial charge >= 0.3 is 35.8 Å². The van der Waals surface area contributed by atoms with Crippen LogP contribution in [0.15, 0.2) is 60.7 Å². The Labute approximate surface area is 408 Å². The third-order valence-electron chi connectivity index (χ3n) is 11.6. The summed E-state index contributed by atoms with van der Waals surface area (Å²) in [7, 11) is 0. The van der Waals surface area contributed by atoms with Crippen LogP contribution in [-0.2, 0) is 123 Å². The average Bonchev–Trinajstić information content (AvgIpc) is 3.95. The molecular weight excluding hydrogens is 945 g/mol. The molecule has 0 bridgehead atoms. The molecular formula is C48H60O23. The summed E-state index contributed by atoms with van der Waals surface area (Å²) in [5.74, 6) is -7.97. The van der Waals surface area contributed by atoms with Gasteiger partial charge in [-0.3, -0.25) is 38.2 Å². The lowest BCUT2D eigenvalue weighted by molar-refractivity contribution is -0.354. The van der Waals surface area contributed by atoms with Gasteiger partial charge in [-0.15, -0.1) is 0 Å². The van der Waals surface area contributed by atoms with Crippen LogP contribution in [-0.4, -0.2) is 160 Å². The van der Waals surface area contributed by atoms with Gasteiger partial charge < -0.3 is 71.1 Å². The first-order valence-corrected chi connectivity index (χ1v) is 23.0. The van der Waals surface area contributed by atoms with Gasteiger partial charge in [-0.25, -0.2) is 0 Å². The lowest BCUT2D eigenvalue weighted by Crippen LogP contribution is -2.60. The number of carbonyl (C=O) groups excluding carboxylic acids is 6. The molecule has 5 heterocycles. The van der Waals surface area contributed by atoms with Crippen LogP contribution >= 0.6 is 0 Å². The molecule has 0 spiro atoms. The molecule has 23 nitrogen and oxygen atoms in total. The van der Waals surface area contributed by atoms with Crippen LogP contribution < -0.4 is 0 Å². The number of benzene rings is 2. The molecule has 7 rings (SSSR count). The second-order valence-corrected chi connectivity index (χ2v) is 17.5. The van der Waals surface area contributed by atoms with Gasteiger partial charge in [0.05, 0.1) is 26.4 Å². The van der Waals surface area contributed by atoms with Gasteiger partial charge in [0.1, 0.15) is 49.8 Å². The van der Waals surface area contributed by atoms with Crippen LogP contribution in [0.4, 0.5) is 0 Å². The molecule has 0 unspecified atom stereocenters. The van der Waals surface area contributed by atoms with E-state index in [-0.39, 0.29) is 39.6 Å². The molecule has 5 aliphatic heterocycles. The second kappa shape index (κ2) is 23.6. The molecule has 5 fully saturated rings. The van der Waals surface area contributed by atoms with Crippen molar-refractivity contribution in [2.75, 3.05) is 26.4 Å². The Morgan fingerprint density at radius 2 is 0.761 bits per heavy atom. The average molecular weight is 1000 g/mol. The molecule has 5 saturated heterocycles. The van der Waals surface area contributed by atoms with E-state index in [0.717, 1.165) is 25.0 Å². The van der Waals surface area contributed by atoms with Gasteiger partial charge in [-0.05, 0) is 11.1 Å². The van der Waals surface area contributed by atoms with Gasteiger partial charge in [0, 0.05) is 55.4 Å². The van der Waals surface area contributed by atoms with Crippen LogP contribution in [0.5, 0.6) is 0 Å². The zero-order valence-corrected chi connectivity index (χ0v) is 40.5. The lowest BCUT2D eigenvalue weighted by atomic mass is 9.98. The molecule has 0 saturated carbocycles. The molecule has 5 aliphatic rings. The molecule has 23 heteroatoms. The topological polar surface area (TPSA) is 259 Å². The van der Waals surface area contributed by atoms with E-state index in [4.69, 9.17) is 80.5 Å². The number of hydrogen-bond acceptors (Lipinski definition) is 23. The number of esters is 6. The maximum atomic E-state index is 12.4. The van der Waals surface area contributed by atoms with Crippen molar-refractivity contribution in [3.8, 4) is 0 Å². The van der Waals surface area contributed by atoms with E-state index in [9.17, 15) is 28.8 Å². The number of rotatable bonds is 20. The van der Waals surface area contributed by atoms with Gasteiger partial charge in [-0.1, -0.05) is 60.7 Å². The van der Waals surface area contributed by atoms with Crippen LogP contribution in [0, 0.1) is 0 Å². The first kappa shape index (κ1) is 53.6. The zero-order valence-electron chi connectivity index (χ0n) is 40.5. The van der Waals surface area contributed by atoms with Gasteiger partial charge in [0.15, 0.2) is 49.2 Å². The normalized spacial score (nSPS) is 35.1. The molecule has 16 atom stereocenters. The number of hydrogen-bond donors (Lipinski definition) is 0. The Balaban J connectivity index is 1.13. The van der Waals surface area contributed by atoms with Crippen molar-refractivity contribution in [2.45, 2.75) is 166 Å². The third kappa shape index (κ3) is 14.1. The maximum Gasteiger partial charge on any atom is 0.303 e. The molecule has 390 valence electrons. The van der Waals surface area contributed by atoms with E-state index in [1.54, 1.807) is 0 Å². The number of fused-ring (bicyclic) bond motifs is 2. The minimum atomic E-state index is -1.90. The van der Waals surface area contributed by atoms with Crippen molar-refractivity contribution in [1.82, 2.24) is 0 Å². The fraction of sp³-hybridized carbons (Fsp3) is 0.625. The standard InChI is InChI=1S/C48H60O23/c1-25(49)55-21-33-39(61-27(3)51)41(63-29(5)53)43-45(66-33)70-47(7,68-43)59-23-35-37(57-19-31-15-11-9-12-16-31)38(58-20-32-17-13-10-14-18-32)36(65-35)24-60-48(8)69-44-42(64-30(6)54)40(62-28(4)52)34(22-56-26(2)50)67-46(44)71-48/h9-18,33-46H,19-24H2,1-8H3/t33-,34-,35-,36-,37-,38-,39-,40-,41+,42+,43-,44-,45-,46-,47+,48+/m1/s1. The van der Waals surface area contributed by atoms with Crippen LogP contribution in [0.25, 0.3) is 0 Å². The molecule has 2 aromatic rings. The fourth-order valence-electron chi connectivity index (χ4n) is 8.77. The largest absolute Gasteiger partial charge is 0.463 e. The van der Waals surface area contributed by atoms with Gasteiger partial charge in [0.2, 0.25) is 0 Å². The van der Waals surface area contributed by atoms with E-state index in [2.05, 4.69) is 0 Å². The Morgan fingerprint density at radius 1 is 0.423 bits per heavy atom. The summed E-state index contributed by atoms with van der Waals surface area (Å²) in [5, 5.41) is 0. The lowest BCUT2D eigenvalue weighted by Gasteiger charge is -2.40. The van der Waals surface area contributed by atoms with Crippen molar-refractivity contribution < 1.29 is 109 Å². The van der Waals surface area contributed by atoms with Gasteiger partial charge in [-0.2, -0.15) is 0 Å². The summed E-state index contributed by atoms with van der Waals surface area (Å²) < 4.78 is 102. The van der Waals surface area contributed by atoms with Crippen molar-refractivity contribution in [3.05, 3.63) is 71.8 Å². The smallest absolute Gasteiger partial charge is 0.303 e. The monoisotopic (exact) mass is 1000 g/mol. The van der Waals surface area contributed by atoms with Crippen molar-refractivity contribution in [2.24, 2.45) is 0 Å². The SMILES string of the molecule is CC(=O)OC[C@H]1O[C@@H]2O[C@@](C)(OC[C@H]3O[C@H](CO[C@]4(C)O[C@H]5O[C@H](COC(C)=O)[C@@H](OC(C)=O)[C@H](OC(C)=O)[C@H]5O4)[C@@H](OCc4ccccc4)[C@@H]3OCc3ccccc3)O[C@@H]2[C@@H](OC(C)=O)[C@@H]1OC(C)=O. The zero-order chi connectivity index (χ0) is 51.0. The molecule has 0 aliphatic carbocycles. The maximum absolute atomic E-state index is 12.4. The number of carbonyl (C=O) groups is 6. The van der Waals surface area contributed by atoms with Gasteiger partial charge in [0.25, 0.3) is 11.9 Å². The third-order valence-corrected chi connectivity index (χ3v) is 11.6. The Kier molecular flexibility index (Phi) is 17.8. The Bertz CT molecular complexity index is 2010. The predicted molar refractivity (Wildman–Crippen MR) is 232 cm³/mol. The number of ether oxygens (including phenoxy) is 17. The van der Waals surface area contributed by atoms with Crippen LogP contribution in [0.1, 0.15) is 66.5 Å². The minimum Gasteiger partial charge on any atom is -0.463 e. The highest BCUT2D eigenvalue weighted by Crippen LogP contribution is 2.43. The molecule has 0 radical (unpaired) electrons. The summed E-state index contributed by atoms with van der Waals surface area (Å²) in [6.45, 7) is 8.93. The first-order chi connectivity index (χ1) is 33.8. The molecule has 0 aromatic heterocycles. The quantitative estimate of drug-likeness (QED) is 0.136. The molecule has 71 heavy (non-hydrogen) atoms. The summed E-state index contributed by atoms with van der Waals surface area (Å²) >= 11 is 0. The minimum absolute atomic E-state index is 0.123. The Morgan fingerprint density at radius 3 is 1.10 bits per heavy atom. The van der Waals surface area contributed by atoms with Crippen LogP contribution in [0.3, 0.4) is 0 Å². The summed E-state index contributed by atoms with van der Waals surface area (Å²) in [6.07, 6.45) is -15.9. The molecule has 0 N–H and O–H groups in total. The highest BCUT2D eigenvalue weighted by molar-refractivity contribution is 5.69. The first-order valence-electron chi connectivity index (χ1n) is 23.0. The summed E-state index contributed by atoms with van der Waals surface area (Å²) in [5.41, 5.74) is 1.69. The summed E-state index contributed by atoms with van der Waals surface area (Å²) in [6, 6.07) is 18.8. The van der Waals surface area contributed by atoms with E-state index in [1.807, 2.05) is 60.7 Å². The van der Waals surface area contributed by atoms with E-state index in [0.29, 0.717) is 0 Å². The molecule has 0 amide bonds. The Hall–Kier alpha value is -5.18. The highest BCUT2D eigenvalue weighted by Gasteiger charge is 2.62. The summed E-state index contributed by atoms with van der Waals surface area (Å²) in [4.78, 5) is 72.9.